The highest BCUT2D eigenvalue weighted by atomic mass is 16.2. The van der Waals surface area contributed by atoms with Crippen LogP contribution >= 0.6 is 0 Å². The summed E-state index contributed by atoms with van der Waals surface area (Å²) in [6.07, 6.45) is 7.56. The lowest BCUT2D eigenvalue weighted by Gasteiger charge is -2.49. The molecule has 3 aliphatic rings. The number of carbonyl (C=O) groups excluding carboxylic acids is 2. The van der Waals surface area contributed by atoms with Crippen LogP contribution in [0.4, 0.5) is 4.79 Å². The van der Waals surface area contributed by atoms with Crippen LogP contribution in [-0.4, -0.2) is 54.5 Å². The van der Waals surface area contributed by atoms with Crippen LogP contribution in [0.2, 0.25) is 0 Å². The fourth-order valence-corrected chi connectivity index (χ4v) is 5.26. The van der Waals surface area contributed by atoms with Crippen LogP contribution in [0.3, 0.4) is 0 Å². The van der Waals surface area contributed by atoms with Gasteiger partial charge in [0.25, 0.3) is 0 Å². The van der Waals surface area contributed by atoms with E-state index in [1.165, 1.54) is 12.8 Å². The van der Waals surface area contributed by atoms with Crippen molar-refractivity contribution >= 4 is 11.9 Å². The predicted octanol–water partition coefficient (Wildman–Crippen LogP) is 3.37. The summed E-state index contributed by atoms with van der Waals surface area (Å²) in [4.78, 5) is 29.2. The normalized spacial score (nSPS) is 25.8. The maximum atomic E-state index is 12.8. The van der Waals surface area contributed by atoms with Crippen molar-refractivity contribution in [2.45, 2.75) is 56.9 Å². The number of nitrogens with zero attached hydrogens (tertiary/aromatic N) is 2. The van der Waals surface area contributed by atoms with Crippen LogP contribution < -0.4 is 5.32 Å². The standard InChI is InChI=1S/C22H31N3O2/c1-24-16-22(15-19(20(24)26)17-7-3-2-4-8-17)11-13-25(14-12-22)21(27)23-18-9-5-6-10-18/h2-4,7-8,18-19H,5-6,9-16H2,1H3,(H,23,27)/t19-/m1/s1. The first kappa shape index (κ1) is 18.3. The van der Waals surface area contributed by atoms with E-state index in [0.29, 0.717) is 6.04 Å². The summed E-state index contributed by atoms with van der Waals surface area (Å²) < 4.78 is 0. The van der Waals surface area contributed by atoms with Gasteiger partial charge in [0.05, 0.1) is 5.92 Å². The largest absolute Gasteiger partial charge is 0.345 e. The molecule has 27 heavy (non-hydrogen) atoms. The number of likely N-dealkylation sites (tertiary alicyclic amines) is 2. The lowest BCUT2D eigenvalue weighted by Crippen LogP contribution is -2.55. The van der Waals surface area contributed by atoms with E-state index in [9.17, 15) is 9.59 Å². The number of hydrogen-bond donors (Lipinski definition) is 1. The van der Waals surface area contributed by atoms with Crippen LogP contribution in [0.5, 0.6) is 0 Å². The van der Waals surface area contributed by atoms with E-state index in [4.69, 9.17) is 0 Å². The second-order valence-corrected chi connectivity index (χ2v) is 8.78. The SMILES string of the molecule is CN1CC2(CCN(C(=O)NC3CCCC3)CC2)C[C@H](c2ccccc2)C1=O. The Labute approximate surface area is 162 Å². The molecule has 1 saturated carbocycles. The number of amides is 3. The highest BCUT2D eigenvalue weighted by Crippen LogP contribution is 2.45. The van der Waals surface area contributed by atoms with Crippen molar-refractivity contribution in [2.75, 3.05) is 26.7 Å². The Balaban J connectivity index is 1.40. The third-order valence-electron chi connectivity index (χ3n) is 6.88. The van der Waals surface area contributed by atoms with Crippen LogP contribution in [0.15, 0.2) is 30.3 Å². The number of hydrogen-bond acceptors (Lipinski definition) is 2. The van der Waals surface area contributed by atoms with Gasteiger partial charge in [-0.2, -0.15) is 0 Å². The number of carbonyl (C=O) groups is 2. The molecule has 5 heteroatoms. The van der Waals surface area contributed by atoms with Crippen molar-refractivity contribution in [3.05, 3.63) is 35.9 Å². The Kier molecular flexibility index (Phi) is 5.11. The molecule has 2 heterocycles. The number of benzene rings is 1. The number of piperidine rings is 2. The Morgan fingerprint density at radius 2 is 1.78 bits per heavy atom. The van der Waals surface area contributed by atoms with Gasteiger partial charge in [0.1, 0.15) is 0 Å². The van der Waals surface area contributed by atoms with Crippen molar-refractivity contribution in [3.63, 3.8) is 0 Å². The molecular formula is C22H31N3O2. The Morgan fingerprint density at radius 1 is 1.11 bits per heavy atom. The molecule has 1 aliphatic carbocycles. The van der Waals surface area contributed by atoms with Gasteiger partial charge >= 0.3 is 6.03 Å². The minimum absolute atomic E-state index is 0.0520. The molecule has 5 nitrogen and oxygen atoms in total. The quantitative estimate of drug-likeness (QED) is 0.869. The molecule has 146 valence electrons. The van der Waals surface area contributed by atoms with Crippen molar-refractivity contribution in [2.24, 2.45) is 5.41 Å². The predicted molar refractivity (Wildman–Crippen MR) is 105 cm³/mol. The van der Waals surface area contributed by atoms with E-state index >= 15 is 0 Å². The Morgan fingerprint density at radius 3 is 2.44 bits per heavy atom. The second-order valence-electron chi connectivity index (χ2n) is 8.78. The van der Waals surface area contributed by atoms with Crippen molar-refractivity contribution in [1.29, 1.82) is 0 Å². The summed E-state index contributed by atoms with van der Waals surface area (Å²) in [7, 11) is 1.93. The number of rotatable bonds is 2. The maximum absolute atomic E-state index is 12.8. The van der Waals surface area contributed by atoms with Gasteiger partial charge in [0, 0.05) is 32.7 Å². The van der Waals surface area contributed by atoms with E-state index < -0.39 is 0 Å². The van der Waals surface area contributed by atoms with Crippen LogP contribution in [0.1, 0.15) is 56.4 Å². The minimum atomic E-state index is -0.0520. The first-order valence-corrected chi connectivity index (χ1v) is 10.4. The molecule has 0 bridgehead atoms. The molecule has 4 rings (SSSR count). The third-order valence-corrected chi connectivity index (χ3v) is 6.88. The van der Waals surface area contributed by atoms with Gasteiger partial charge < -0.3 is 15.1 Å². The van der Waals surface area contributed by atoms with Crippen LogP contribution in [0, 0.1) is 5.41 Å². The lowest BCUT2D eigenvalue weighted by atomic mass is 9.68. The Bertz CT molecular complexity index is 676. The average Bonchev–Trinajstić information content (AvgIpc) is 3.19. The van der Waals surface area contributed by atoms with Crippen molar-refractivity contribution in [1.82, 2.24) is 15.1 Å². The molecule has 0 aromatic heterocycles. The van der Waals surface area contributed by atoms with Crippen molar-refractivity contribution < 1.29 is 9.59 Å². The fraction of sp³-hybridized carbons (Fsp3) is 0.636. The minimum Gasteiger partial charge on any atom is -0.345 e. The van der Waals surface area contributed by atoms with Crippen molar-refractivity contribution in [3.8, 4) is 0 Å². The summed E-state index contributed by atoms with van der Waals surface area (Å²) in [6, 6.07) is 10.6. The summed E-state index contributed by atoms with van der Waals surface area (Å²) >= 11 is 0. The highest BCUT2D eigenvalue weighted by molar-refractivity contribution is 5.84. The molecule has 3 amide bonds. The number of likely N-dealkylation sites (N-methyl/N-ethyl adjacent to an activating group) is 1. The molecule has 1 aromatic carbocycles. The molecule has 1 spiro atoms. The topological polar surface area (TPSA) is 52.6 Å². The van der Waals surface area contributed by atoms with Crippen LogP contribution in [0.25, 0.3) is 0 Å². The Hall–Kier alpha value is -2.04. The van der Waals surface area contributed by atoms with E-state index in [1.54, 1.807) is 0 Å². The molecule has 2 aliphatic heterocycles. The zero-order valence-electron chi connectivity index (χ0n) is 16.3. The van der Waals surface area contributed by atoms with Gasteiger partial charge in [0.15, 0.2) is 0 Å². The molecular weight excluding hydrogens is 338 g/mol. The second kappa shape index (κ2) is 7.53. The molecule has 0 radical (unpaired) electrons. The van der Waals surface area contributed by atoms with Gasteiger partial charge in [-0.3, -0.25) is 4.79 Å². The monoisotopic (exact) mass is 369 g/mol. The molecule has 3 fully saturated rings. The summed E-state index contributed by atoms with van der Waals surface area (Å²) in [6.45, 7) is 2.40. The van der Waals surface area contributed by atoms with E-state index in [0.717, 1.165) is 57.3 Å². The summed E-state index contributed by atoms with van der Waals surface area (Å²) in [5.41, 5.74) is 1.25. The highest BCUT2D eigenvalue weighted by Gasteiger charge is 2.45. The van der Waals surface area contributed by atoms with Gasteiger partial charge in [-0.1, -0.05) is 43.2 Å². The number of nitrogens with one attached hydrogen (secondary N) is 1. The first-order valence-electron chi connectivity index (χ1n) is 10.4. The third kappa shape index (κ3) is 3.83. The van der Waals surface area contributed by atoms with Gasteiger partial charge in [-0.05, 0) is 43.1 Å². The molecule has 1 N–H and O–H groups in total. The van der Waals surface area contributed by atoms with Gasteiger partial charge in [0.2, 0.25) is 5.91 Å². The smallest absolute Gasteiger partial charge is 0.317 e. The van der Waals surface area contributed by atoms with E-state index in [1.807, 2.05) is 35.0 Å². The maximum Gasteiger partial charge on any atom is 0.317 e. The summed E-state index contributed by atoms with van der Waals surface area (Å²) in [5, 5.41) is 3.21. The molecule has 2 saturated heterocycles. The molecule has 1 atom stereocenters. The average molecular weight is 370 g/mol. The fourth-order valence-electron chi connectivity index (χ4n) is 5.26. The first-order chi connectivity index (χ1) is 13.1. The molecule has 1 aromatic rings. The molecule has 0 unspecified atom stereocenters. The number of urea groups is 1. The summed E-state index contributed by atoms with van der Waals surface area (Å²) in [5.74, 6) is 0.178. The van der Waals surface area contributed by atoms with Crippen LogP contribution in [-0.2, 0) is 4.79 Å². The van der Waals surface area contributed by atoms with Gasteiger partial charge in [-0.15, -0.1) is 0 Å². The van der Waals surface area contributed by atoms with Gasteiger partial charge in [-0.25, -0.2) is 4.79 Å². The zero-order valence-corrected chi connectivity index (χ0v) is 16.3. The zero-order chi connectivity index (χ0) is 18.9. The van der Waals surface area contributed by atoms with E-state index in [-0.39, 0.29) is 23.3 Å². The van der Waals surface area contributed by atoms with E-state index in [2.05, 4.69) is 17.4 Å². The lowest BCUT2D eigenvalue weighted by molar-refractivity contribution is -0.139.